The number of anilines is 1. The molecule has 3 aliphatic rings. The minimum absolute atomic E-state index is 0.0365. The number of pyridine rings is 1. The van der Waals surface area contributed by atoms with Crippen LogP contribution in [-0.2, 0) is 5.41 Å². The first kappa shape index (κ1) is 23.7. The smallest absolute Gasteiger partial charge is 0.394 e. The third-order valence-electron chi connectivity index (χ3n) is 7.44. The predicted molar refractivity (Wildman–Crippen MR) is 126 cm³/mol. The Kier molecular flexibility index (Phi) is 5.05. The molecule has 2 aromatic heterocycles. The van der Waals surface area contributed by atoms with E-state index < -0.39 is 29.0 Å². The van der Waals surface area contributed by atoms with Crippen LogP contribution in [0, 0.1) is 19.3 Å². The van der Waals surface area contributed by atoms with Gasteiger partial charge in [0, 0.05) is 16.5 Å². The maximum absolute atomic E-state index is 13.4. The summed E-state index contributed by atoms with van der Waals surface area (Å²) in [4.78, 5) is 29.1. The van der Waals surface area contributed by atoms with Gasteiger partial charge < -0.3 is 15.5 Å². The summed E-state index contributed by atoms with van der Waals surface area (Å²) >= 11 is 5.90. The Morgan fingerprint density at radius 3 is 2.49 bits per heavy atom. The lowest BCUT2D eigenvalue weighted by Crippen LogP contribution is -2.70. The SMILES string of the molecule is Cc1cc(C(C)Nc2ccc(Cl)nc2C(N)=O)c2oc(C34CC(C(F)(F)F)(C3)C4)c(C)c(=O)c2c1. The number of carbonyl (C=O) groups is 1. The van der Waals surface area contributed by atoms with Crippen molar-refractivity contribution in [1.82, 2.24) is 4.98 Å². The number of nitrogens with one attached hydrogen (secondary N) is 1. The fraction of sp³-hybridized carbons (Fsp3) is 0.400. The quantitative estimate of drug-likeness (QED) is 0.432. The zero-order valence-electron chi connectivity index (χ0n) is 19.3. The van der Waals surface area contributed by atoms with Gasteiger partial charge in [0.2, 0.25) is 0 Å². The Bertz CT molecular complexity index is 1440. The van der Waals surface area contributed by atoms with Gasteiger partial charge >= 0.3 is 6.18 Å². The van der Waals surface area contributed by atoms with Crippen molar-refractivity contribution in [3.63, 3.8) is 0 Å². The summed E-state index contributed by atoms with van der Waals surface area (Å²) in [5.41, 5.74) is 5.19. The van der Waals surface area contributed by atoms with Crippen LogP contribution in [0.4, 0.5) is 18.9 Å². The molecule has 3 aromatic rings. The van der Waals surface area contributed by atoms with E-state index in [-0.39, 0.29) is 35.5 Å². The highest BCUT2D eigenvalue weighted by molar-refractivity contribution is 6.29. The second kappa shape index (κ2) is 7.46. The lowest BCUT2D eigenvalue weighted by molar-refractivity contribution is -0.340. The van der Waals surface area contributed by atoms with Crippen LogP contribution in [0.5, 0.6) is 0 Å². The molecule has 0 spiro atoms. The molecular formula is C25H23ClF3N3O3. The number of hydrogen-bond acceptors (Lipinski definition) is 5. The van der Waals surface area contributed by atoms with Crippen molar-refractivity contribution in [3.05, 3.63) is 67.8 Å². The number of alkyl halides is 3. The van der Waals surface area contributed by atoms with Gasteiger partial charge in [0.1, 0.15) is 16.5 Å². The third kappa shape index (κ3) is 3.43. The standard InChI is InChI=1S/C25H23ClF3N3O3/c1-11-6-14(13(3)31-16-4-5-17(26)32-18(16)22(30)34)20-15(7-11)19(33)12(2)21(35-20)23-8-24(9-23,10-23)25(27,28)29/h4-7,13,31H,8-10H2,1-3H3,(H2,30,34). The van der Waals surface area contributed by atoms with Crippen molar-refractivity contribution in [1.29, 1.82) is 0 Å². The number of fused-ring (bicyclic) bond motifs is 1. The molecular weight excluding hydrogens is 483 g/mol. The molecule has 6 rings (SSSR count). The molecule has 2 bridgehead atoms. The van der Waals surface area contributed by atoms with E-state index >= 15 is 0 Å². The maximum atomic E-state index is 13.4. The highest BCUT2D eigenvalue weighted by atomic mass is 35.5. The van der Waals surface area contributed by atoms with E-state index in [0.717, 1.165) is 5.56 Å². The number of rotatable bonds is 5. The van der Waals surface area contributed by atoms with E-state index in [2.05, 4.69) is 10.3 Å². The molecule has 6 nitrogen and oxygen atoms in total. The minimum Gasteiger partial charge on any atom is -0.460 e. The molecule has 2 heterocycles. The van der Waals surface area contributed by atoms with E-state index in [0.29, 0.717) is 33.5 Å². The molecule has 10 heteroatoms. The van der Waals surface area contributed by atoms with Crippen molar-refractivity contribution in [2.24, 2.45) is 11.1 Å². The number of halogens is 4. The second-order valence-electron chi connectivity index (χ2n) is 9.97. The van der Waals surface area contributed by atoms with Gasteiger partial charge in [-0.2, -0.15) is 13.2 Å². The summed E-state index contributed by atoms with van der Waals surface area (Å²) in [7, 11) is 0. The number of amides is 1. The Morgan fingerprint density at radius 1 is 1.23 bits per heavy atom. The Labute approximate surface area is 203 Å². The van der Waals surface area contributed by atoms with Crippen LogP contribution in [0.1, 0.15) is 65.2 Å². The summed E-state index contributed by atoms with van der Waals surface area (Å²) in [5, 5.41) is 3.65. The lowest BCUT2D eigenvalue weighted by Gasteiger charge is -2.69. The van der Waals surface area contributed by atoms with Crippen molar-refractivity contribution >= 4 is 34.2 Å². The first-order chi connectivity index (χ1) is 16.3. The summed E-state index contributed by atoms with van der Waals surface area (Å²) < 4.78 is 46.6. The minimum atomic E-state index is -4.26. The van der Waals surface area contributed by atoms with Gasteiger partial charge in [-0.3, -0.25) is 9.59 Å². The van der Waals surface area contributed by atoms with Crippen LogP contribution in [0.2, 0.25) is 5.15 Å². The van der Waals surface area contributed by atoms with Gasteiger partial charge in [0.25, 0.3) is 5.91 Å². The highest BCUT2D eigenvalue weighted by Crippen LogP contribution is 2.78. The van der Waals surface area contributed by atoms with Crippen molar-refractivity contribution in [2.45, 2.75) is 57.7 Å². The number of hydrogen-bond donors (Lipinski definition) is 2. The van der Waals surface area contributed by atoms with E-state index in [1.54, 1.807) is 19.1 Å². The van der Waals surface area contributed by atoms with Crippen LogP contribution in [-0.4, -0.2) is 17.1 Å². The van der Waals surface area contributed by atoms with Crippen molar-refractivity contribution in [2.75, 3.05) is 5.32 Å². The van der Waals surface area contributed by atoms with Crippen LogP contribution in [0.25, 0.3) is 11.0 Å². The summed E-state index contributed by atoms with van der Waals surface area (Å²) in [6.07, 6.45) is -4.45. The van der Waals surface area contributed by atoms with Gasteiger partial charge in [0.05, 0.1) is 22.5 Å². The van der Waals surface area contributed by atoms with Gasteiger partial charge in [-0.1, -0.05) is 17.7 Å². The number of nitrogens with zero attached hydrogens (tertiary/aromatic N) is 1. The molecule has 3 fully saturated rings. The van der Waals surface area contributed by atoms with E-state index in [1.807, 2.05) is 19.9 Å². The summed E-state index contributed by atoms with van der Waals surface area (Å²) in [6.45, 7) is 5.27. The number of carbonyl (C=O) groups excluding carboxylic acids is 1. The molecule has 3 aliphatic carbocycles. The molecule has 1 aromatic carbocycles. The van der Waals surface area contributed by atoms with E-state index in [1.165, 1.54) is 6.07 Å². The Morgan fingerprint density at radius 2 is 1.89 bits per heavy atom. The molecule has 0 aliphatic heterocycles. The molecule has 184 valence electrons. The summed E-state index contributed by atoms with van der Waals surface area (Å²) in [5.74, 6) is -0.424. The average Bonchev–Trinajstić information content (AvgIpc) is 2.69. The monoisotopic (exact) mass is 505 g/mol. The van der Waals surface area contributed by atoms with Crippen LogP contribution in [0.15, 0.2) is 33.5 Å². The molecule has 1 unspecified atom stereocenters. The third-order valence-corrected chi connectivity index (χ3v) is 7.65. The number of aryl methyl sites for hydroxylation is 1. The zero-order chi connectivity index (χ0) is 25.5. The van der Waals surface area contributed by atoms with E-state index in [4.69, 9.17) is 21.8 Å². The number of primary amides is 1. The predicted octanol–water partition coefficient (Wildman–Crippen LogP) is 5.71. The average molecular weight is 506 g/mol. The molecule has 0 saturated heterocycles. The van der Waals surface area contributed by atoms with Crippen LogP contribution in [0.3, 0.4) is 0 Å². The topological polar surface area (TPSA) is 98.2 Å². The number of aromatic nitrogens is 1. The maximum Gasteiger partial charge on any atom is 0.394 e. The molecule has 3 saturated carbocycles. The molecule has 1 amide bonds. The van der Waals surface area contributed by atoms with Crippen LogP contribution >= 0.6 is 11.6 Å². The van der Waals surface area contributed by atoms with Gasteiger partial charge in [-0.05, 0) is 63.8 Å². The first-order valence-electron chi connectivity index (χ1n) is 11.1. The van der Waals surface area contributed by atoms with Gasteiger partial charge in [0.15, 0.2) is 11.1 Å². The normalized spacial score (nSPS) is 24.0. The molecule has 1 atom stereocenters. The molecule has 35 heavy (non-hydrogen) atoms. The largest absolute Gasteiger partial charge is 0.460 e. The lowest BCUT2D eigenvalue weighted by atomic mass is 9.34. The zero-order valence-corrected chi connectivity index (χ0v) is 20.0. The van der Waals surface area contributed by atoms with Crippen LogP contribution < -0.4 is 16.5 Å². The van der Waals surface area contributed by atoms with Crippen molar-refractivity contribution < 1.29 is 22.4 Å². The second-order valence-corrected chi connectivity index (χ2v) is 10.4. The highest BCUT2D eigenvalue weighted by Gasteiger charge is 2.80. The van der Waals surface area contributed by atoms with Crippen molar-refractivity contribution in [3.8, 4) is 0 Å². The number of nitrogens with two attached hydrogens (primary N) is 1. The molecule has 3 N–H and O–H groups in total. The Balaban J connectivity index is 1.59. The Hall–Kier alpha value is -3.07. The van der Waals surface area contributed by atoms with E-state index in [9.17, 15) is 22.8 Å². The summed E-state index contributed by atoms with van der Waals surface area (Å²) in [6, 6.07) is 6.18. The number of benzene rings is 1. The van der Waals surface area contributed by atoms with Gasteiger partial charge in [-0.15, -0.1) is 0 Å². The first-order valence-corrected chi connectivity index (χ1v) is 11.5. The molecule has 0 radical (unpaired) electrons. The van der Waals surface area contributed by atoms with Gasteiger partial charge in [-0.25, -0.2) is 4.98 Å². The fourth-order valence-corrected chi connectivity index (χ4v) is 5.92. The fourth-order valence-electron chi connectivity index (χ4n) is 5.78.